The first kappa shape index (κ1) is 16.1. The molecule has 3 nitrogen and oxygen atoms in total. The number of aliphatic hydroxyl groups excluding tert-OH is 2. The molecular formula is C17H24O3. The summed E-state index contributed by atoms with van der Waals surface area (Å²) >= 11 is 0. The van der Waals surface area contributed by atoms with Gasteiger partial charge in [0.05, 0.1) is 0 Å². The Balaban J connectivity index is 0. The van der Waals surface area contributed by atoms with Gasteiger partial charge < -0.3 is 10.2 Å². The molecule has 0 saturated carbocycles. The number of rotatable bonds is 2. The molecule has 2 aromatic rings. The number of ketones is 1. The van der Waals surface area contributed by atoms with E-state index >= 15 is 0 Å². The van der Waals surface area contributed by atoms with Crippen LogP contribution in [0.25, 0.3) is 0 Å². The maximum Gasteiger partial charge on any atom is 0.210 e. The van der Waals surface area contributed by atoms with Crippen molar-refractivity contribution in [1.29, 1.82) is 2.86 Å². The lowest BCUT2D eigenvalue weighted by Crippen LogP contribution is -1.99. The van der Waals surface area contributed by atoms with Crippen LogP contribution >= 0.6 is 0 Å². The summed E-state index contributed by atoms with van der Waals surface area (Å²) in [5, 5.41) is 7.00. The molecule has 2 aromatic carbocycles. The smallest absolute Gasteiger partial charge is 0.210 e. The molecule has 0 bridgehead atoms. The Kier molecular flexibility index (Phi) is 12.1. The third-order valence-electron chi connectivity index (χ3n) is 2.07. The summed E-state index contributed by atoms with van der Waals surface area (Å²) in [6.45, 7) is 4.00. The molecule has 2 N–H and O–H groups in total. The SMILES string of the molecule is CC.O=C(c1ccccc1)c1ccccc1.[2H]OC.[2H]OC. The van der Waals surface area contributed by atoms with Gasteiger partial charge in [0.1, 0.15) is 0 Å². The number of aliphatic hydroxyl groups is 2. The second kappa shape index (κ2) is 15.1. The molecule has 0 aliphatic carbocycles. The number of hydrogen-bond donors (Lipinski definition) is 2. The van der Waals surface area contributed by atoms with Crippen molar-refractivity contribution in [2.75, 3.05) is 14.2 Å². The van der Waals surface area contributed by atoms with Gasteiger partial charge in [-0.3, -0.25) is 4.79 Å². The van der Waals surface area contributed by atoms with Crippen molar-refractivity contribution in [2.45, 2.75) is 13.8 Å². The van der Waals surface area contributed by atoms with Crippen molar-refractivity contribution in [2.24, 2.45) is 0 Å². The summed E-state index contributed by atoms with van der Waals surface area (Å²) in [6, 6.07) is 18.6. The molecule has 0 aromatic heterocycles. The van der Waals surface area contributed by atoms with Crippen LogP contribution in [0.4, 0.5) is 0 Å². The molecule has 0 aliphatic heterocycles. The van der Waals surface area contributed by atoms with Crippen LogP contribution in [0.15, 0.2) is 60.7 Å². The Hall–Kier alpha value is -1.97. The maximum absolute atomic E-state index is 11.8. The van der Waals surface area contributed by atoms with E-state index in [1.807, 2.05) is 74.5 Å². The number of benzene rings is 2. The van der Waals surface area contributed by atoms with E-state index in [1.165, 1.54) is 14.2 Å². The standard InChI is InChI=1S/C13H10O.C2H6.2CH4O/c14-13(11-7-3-1-4-8-11)12-9-5-2-6-10-12;3*1-2/h1-10H;1-2H3;2*2H,1H3/i;;2*2D. The predicted octanol–water partition coefficient (Wildman–Crippen LogP) is 3.16. The Morgan fingerprint density at radius 1 is 0.800 bits per heavy atom. The summed E-state index contributed by atoms with van der Waals surface area (Å²) in [7, 11) is 2.58. The van der Waals surface area contributed by atoms with E-state index in [1.54, 1.807) is 0 Å². The molecule has 3 heteroatoms. The van der Waals surface area contributed by atoms with Gasteiger partial charge in [-0.25, -0.2) is 0 Å². The molecule has 0 atom stereocenters. The van der Waals surface area contributed by atoms with Crippen LogP contribution in [-0.2, 0) is 0 Å². The molecule has 110 valence electrons. The van der Waals surface area contributed by atoms with Gasteiger partial charge in [0, 0.05) is 25.3 Å². The largest absolute Gasteiger partial charge is 0.400 e. The fourth-order valence-corrected chi connectivity index (χ4v) is 1.35. The molecule has 0 fully saturated rings. The molecule has 0 heterocycles. The Morgan fingerprint density at radius 3 is 1.30 bits per heavy atom. The lowest BCUT2D eigenvalue weighted by Gasteiger charge is -1.99. The van der Waals surface area contributed by atoms with Crippen molar-refractivity contribution < 1.29 is 15.0 Å². The summed E-state index contributed by atoms with van der Waals surface area (Å²) in [5.74, 6) is 0.0752. The molecule has 0 saturated heterocycles. The lowest BCUT2D eigenvalue weighted by atomic mass is 10.0. The number of carbonyl (C=O) groups excluding carboxylic acids is 1. The number of carbonyl (C=O) groups is 1. The lowest BCUT2D eigenvalue weighted by molar-refractivity contribution is 0.103. The van der Waals surface area contributed by atoms with Crippen molar-refractivity contribution in [3.63, 3.8) is 0 Å². The molecule has 0 aliphatic rings. The Labute approximate surface area is 124 Å². The van der Waals surface area contributed by atoms with E-state index in [9.17, 15) is 4.79 Å². The topological polar surface area (TPSA) is 57.5 Å². The highest BCUT2D eigenvalue weighted by molar-refractivity contribution is 6.08. The van der Waals surface area contributed by atoms with Gasteiger partial charge in [-0.15, -0.1) is 0 Å². The van der Waals surface area contributed by atoms with Gasteiger partial charge in [0.2, 0.25) is 2.86 Å². The Bertz CT molecular complexity index is 418. The van der Waals surface area contributed by atoms with E-state index in [0.717, 1.165) is 11.1 Å². The van der Waals surface area contributed by atoms with Gasteiger partial charge in [-0.05, 0) is 0 Å². The van der Waals surface area contributed by atoms with Gasteiger partial charge in [-0.2, -0.15) is 0 Å². The van der Waals surface area contributed by atoms with Crippen LogP contribution in [0.1, 0.15) is 29.8 Å². The highest BCUT2D eigenvalue weighted by atomic mass is 16.2. The van der Waals surface area contributed by atoms with Crippen LogP contribution in [0.2, 0.25) is 0 Å². The molecule has 2 rings (SSSR count). The summed E-state index contributed by atoms with van der Waals surface area (Å²) < 4.78 is 11.4. The van der Waals surface area contributed by atoms with Crippen molar-refractivity contribution in [3.05, 3.63) is 71.8 Å². The normalized spacial score (nSPS) is 9.00. The monoisotopic (exact) mass is 278 g/mol. The molecule has 0 spiro atoms. The van der Waals surface area contributed by atoms with E-state index in [4.69, 9.17) is 2.86 Å². The third-order valence-corrected chi connectivity index (χ3v) is 2.07. The highest BCUT2D eigenvalue weighted by Crippen LogP contribution is 2.08. The van der Waals surface area contributed by atoms with Crippen LogP contribution in [0.5, 0.6) is 0 Å². The minimum atomic E-state index is 0.0752. The van der Waals surface area contributed by atoms with Crippen LogP contribution < -0.4 is 0 Å². The second-order valence-corrected chi connectivity index (χ2v) is 3.06. The molecular weight excluding hydrogens is 252 g/mol. The molecule has 0 unspecified atom stereocenters. The highest BCUT2D eigenvalue weighted by Gasteiger charge is 2.06. The van der Waals surface area contributed by atoms with Gasteiger partial charge in [0.15, 0.2) is 5.78 Å². The van der Waals surface area contributed by atoms with Crippen LogP contribution in [0, 0.1) is 0 Å². The average molecular weight is 278 g/mol. The van der Waals surface area contributed by atoms with E-state index in [-0.39, 0.29) is 5.78 Å². The first-order chi connectivity index (χ1) is 10.7. The predicted molar refractivity (Wildman–Crippen MR) is 84.0 cm³/mol. The van der Waals surface area contributed by atoms with Crippen LogP contribution in [0.3, 0.4) is 0 Å². The van der Waals surface area contributed by atoms with E-state index in [2.05, 4.69) is 10.2 Å². The molecule has 20 heavy (non-hydrogen) atoms. The zero-order chi connectivity index (χ0) is 17.2. The van der Waals surface area contributed by atoms with Crippen molar-refractivity contribution in [1.82, 2.24) is 0 Å². The maximum atomic E-state index is 11.8. The first-order valence-electron chi connectivity index (χ1n) is 7.16. The average Bonchev–Trinajstić information content (AvgIpc) is 2.59. The van der Waals surface area contributed by atoms with Gasteiger partial charge in [-0.1, -0.05) is 74.5 Å². The zero-order valence-electron chi connectivity index (χ0n) is 14.5. The number of hydrogen-bond acceptors (Lipinski definition) is 3. The molecule has 0 amide bonds. The third kappa shape index (κ3) is 7.46. The first-order valence-corrected chi connectivity index (χ1v) is 6.34. The van der Waals surface area contributed by atoms with E-state index in [0.29, 0.717) is 0 Å². The fourth-order valence-electron chi connectivity index (χ4n) is 1.35. The van der Waals surface area contributed by atoms with Crippen molar-refractivity contribution in [3.8, 4) is 0 Å². The fraction of sp³-hybridized carbons (Fsp3) is 0.235. The summed E-state index contributed by atoms with van der Waals surface area (Å²) in [4.78, 5) is 11.8. The van der Waals surface area contributed by atoms with Crippen LogP contribution in [-0.4, -0.2) is 33.1 Å². The Morgan fingerprint density at radius 2 is 1.05 bits per heavy atom. The summed E-state index contributed by atoms with van der Waals surface area (Å²) in [6.07, 6.45) is 0. The zero-order valence-corrected chi connectivity index (χ0v) is 12.5. The molecule has 0 radical (unpaired) electrons. The minimum absolute atomic E-state index is 0.0752. The van der Waals surface area contributed by atoms with E-state index < -0.39 is 0 Å². The quantitative estimate of drug-likeness (QED) is 0.830. The van der Waals surface area contributed by atoms with Gasteiger partial charge in [0.25, 0.3) is 0 Å². The minimum Gasteiger partial charge on any atom is -0.400 e. The summed E-state index contributed by atoms with van der Waals surface area (Å²) in [5.41, 5.74) is 1.47. The second-order valence-electron chi connectivity index (χ2n) is 3.06. The van der Waals surface area contributed by atoms with Crippen molar-refractivity contribution >= 4 is 5.78 Å². The van der Waals surface area contributed by atoms with Gasteiger partial charge >= 0.3 is 0 Å².